The van der Waals surface area contributed by atoms with Crippen molar-refractivity contribution in [3.63, 3.8) is 0 Å². The Morgan fingerprint density at radius 1 is 1.85 bits per heavy atom. The molecule has 1 aliphatic heterocycles. The van der Waals surface area contributed by atoms with Crippen molar-refractivity contribution in [3.05, 3.63) is 12.7 Å². The van der Waals surface area contributed by atoms with Crippen molar-refractivity contribution in [2.75, 3.05) is 19.8 Å². The Labute approximate surface area is 76.1 Å². The lowest BCUT2D eigenvalue weighted by Gasteiger charge is -2.22. The van der Waals surface area contributed by atoms with Crippen molar-refractivity contribution < 1.29 is 14.3 Å². The SMILES string of the molecule is C=CCNC(=O)C1COCC(=O)N1. The predicted molar refractivity (Wildman–Crippen MR) is 46.0 cm³/mol. The minimum atomic E-state index is -0.568. The second-order valence-electron chi connectivity index (χ2n) is 2.67. The fourth-order valence-corrected chi connectivity index (χ4v) is 0.984. The normalized spacial score (nSPS) is 21.8. The molecule has 0 spiro atoms. The second-order valence-corrected chi connectivity index (χ2v) is 2.67. The summed E-state index contributed by atoms with van der Waals surface area (Å²) in [5, 5.41) is 5.09. The average molecular weight is 184 g/mol. The van der Waals surface area contributed by atoms with Crippen LogP contribution in [0.4, 0.5) is 0 Å². The van der Waals surface area contributed by atoms with Crippen LogP contribution in [0.2, 0.25) is 0 Å². The zero-order valence-electron chi connectivity index (χ0n) is 7.21. The Morgan fingerprint density at radius 2 is 2.62 bits per heavy atom. The molecular formula is C8H12N2O3. The van der Waals surface area contributed by atoms with Crippen molar-refractivity contribution >= 4 is 11.8 Å². The molecule has 0 radical (unpaired) electrons. The molecule has 1 atom stereocenters. The third-order valence-electron chi connectivity index (χ3n) is 1.59. The van der Waals surface area contributed by atoms with Crippen LogP contribution in [0.15, 0.2) is 12.7 Å². The van der Waals surface area contributed by atoms with Crippen LogP contribution in [-0.4, -0.2) is 37.6 Å². The standard InChI is InChI=1S/C8H12N2O3/c1-2-3-9-8(12)6-4-13-5-7(11)10-6/h2,6H,1,3-5H2,(H,9,12)(H,10,11). The minimum absolute atomic E-state index is 0.0330. The van der Waals surface area contributed by atoms with E-state index < -0.39 is 6.04 Å². The molecule has 1 rings (SSSR count). The first-order valence-electron chi connectivity index (χ1n) is 3.99. The van der Waals surface area contributed by atoms with Crippen LogP contribution in [0.3, 0.4) is 0 Å². The molecule has 1 saturated heterocycles. The van der Waals surface area contributed by atoms with Crippen LogP contribution in [0, 0.1) is 0 Å². The summed E-state index contributed by atoms with van der Waals surface area (Å²) >= 11 is 0. The molecule has 1 aliphatic rings. The number of ether oxygens (including phenoxy) is 1. The van der Waals surface area contributed by atoms with E-state index in [0.717, 1.165) is 0 Å². The molecule has 0 aromatic rings. The van der Waals surface area contributed by atoms with E-state index in [1.54, 1.807) is 6.08 Å². The van der Waals surface area contributed by atoms with Crippen LogP contribution >= 0.6 is 0 Å². The van der Waals surface area contributed by atoms with Crippen molar-refractivity contribution in [1.82, 2.24) is 10.6 Å². The van der Waals surface area contributed by atoms with Gasteiger partial charge in [0.15, 0.2) is 0 Å². The molecule has 13 heavy (non-hydrogen) atoms. The molecule has 5 heteroatoms. The molecule has 0 saturated carbocycles. The lowest BCUT2D eigenvalue weighted by molar-refractivity contribution is -0.138. The molecule has 0 aliphatic carbocycles. The lowest BCUT2D eigenvalue weighted by Crippen LogP contribution is -2.53. The Morgan fingerprint density at radius 3 is 3.23 bits per heavy atom. The highest BCUT2D eigenvalue weighted by Gasteiger charge is 2.24. The smallest absolute Gasteiger partial charge is 0.246 e. The van der Waals surface area contributed by atoms with Crippen LogP contribution in [0.1, 0.15) is 0 Å². The molecule has 0 aromatic carbocycles. The highest BCUT2D eigenvalue weighted by Crippen LogP contribution is 1.93. The van der Waals surface area contributed by atoms with Gasteiger partial charge >= 0.3 is 0 Å². The van der Waals surface area contributed by atoms with Crippen molar-refractivity contribution in [1.29, 1.82) is 0 Å². The lowest BCUT2D eigenvalue weighted by atomic mass is 10.2. The number of rotatable bonds is 3. The maximum absolute atomic E-state index is 11.2. The molecule has 0 aromatic heterocycles. The van der Waals surface area contributed by atoms with Gasteiger partial charge in [0.2, 0.25) is 11.8 Å². The van der Waals surface area contributed by atoms with Gasteiger partial charge in [-0.3, -0.25) is 9.59 Å². The van der Waals surface area contributed by atoms with E-state index in [1.807, 2.05) is 0 Å². The Hall–Kier alpha value is -1.36. The molecule has 0 bridgehead atoms. The van der Waals surface area contributed by atoms with Gasteiger partial charge in [0.05, 0.1) is 6.61 Å². The molecule has 72 valence electrons. The average Bonchev–Trinajstić information content (AvgIpc) is 2.14. The van der Waals surface area contributed by atoms with Gasteiger partial charge in [-0.15, -0.1) is 6.58 Å². The van der Waals surface area contributed by atoms with Crippen LogP contribution in [0.25, 0.3) is 0 Å². The van der Waals surface area contributed by atoms with E-state index in [2.05, 4.69) is 17.2 Å². The Bertz CT molecular complexity index is 227. The molecular weight excluding hydrogens is 172 g/mol. The van der Waals surface area contributed by atoms with Gasteiger partial charge in [0.1, 0.15) is 12.6 Å². The highest BCUT2D eigenvalue weighted by molar-refractivity contribution is 5.89. The summed E-state index contributed by atoms with van der Waals surface area (Å²) in [6, 6.07) is -0.568. The van der Waals surface area contributed by atoms with Crippen LogP contribution < -0.4 is 10.6 Å². The molecule has 2 N–H and O–H groups in total. The molecule has 1 fully saturated rings. The van der Waals surface area contributed by atoms with Gasteiger partial charge in [-0.2, -0.15) is 0 Å². The summed E-state index contributed by atoms with van der Waals surface area (Å²) in [5.74, 6) is -0.502. The minimum Gasteiger partial charge on any atom is -0.369 e. The Balaban J connectivity index is 2.36. The van der Waals surface area contributed by atoms with Crippen molar-refractivity contribution in [2.24, 2.45) is 0 Å². The largest absolute Gasteiger partial charge is 0.369 e. The van der Waals surface area contributed by atoms with Crippen molar-refractivity contribution in [2.45, 2.75) is 6.04 Å². The first-order chi connectivity index (χ1) is 6.24. The van der Waals surface area contributed by atoms with E-state index in [4.69, 9.17) is 4.74 Å². The topological polar surface area (TPSA) is 67.4 Å². The van der Waals surface area contributed by atoms with E-state index in [9.17, 15) is 9.59 Å². The zero-order chi connectivity index (χ0) is 9.68. The summed E-state index contributed by atoms with van der Waals surface area (Å²) in [6.07, 6.45) is 1.57. The summed E-state index contributed by atoms with van der Waals surface area (Å²) < 4.78 is 4.90. The Kier molecular flexibility index (Phi) is 3.45. The molecule has 5 nitrogen and oxygen atoms in total. The van der Waals surface area contributed by atoms with Gasteiger partial charge < -0.3 is 15.4 Å². The number of carbonyl (C=O) groups excluding carboxylic acids is 2. The fraction of sp³-hybridized carbons (Fsp3) is 0.500. The molecule has 1 unspecified atom stereocenters. The second kappa shape index (κ2) is 4.61. The quantitative estimate of drug-likeness (QED) is 0.542. The van der Waals surface area contributed by atoms with Crippen molar-refractivity contribution in [3.8, 4) is 0 Å². The zero-order valence-corrected chi connectivity index (χ0v) is 7.21. The van der Waals surface area contributed by atoms with Gasteiger partial charge in [0.25, 0.3) is 0 Å². The number of nitrogens with one attached hydrogen (secondary N) is 2. The van der Waals surface area contributed by atoms with Gasteiger partial charge in [-0.1, -0.05) is 6.08 Å². The summed E-state index contributed by atoms with van der Waals surface area (Å²) in [5.41, 5.74) is 0. The van der Waals surface area contributed by atoms with E-state index in [0.29, 0.717) is 6.54 Å². The number of carbonyl (C=O) groups is 2. The number of hydrogen-bond acceptors (Lipinski definition) is 3. The summed E-state index contributed by atoms with van der Waals surface area (Å²) in [6.45, 7) is 4.12. The van der Waals surface area contributed by atoms with Gasteiger partial charge in [0, 0.05) is 6.54 Å². The molecule has 1 heterocycles. The van der Waals surface area contributed by atoms with Gasteiger partial charge in [-0.05, 0) is 0 Å². The maximum atomic E-state index is 11.2. The first kappa shape index (κ1) is 9.73. The number of morpholine rings is 1. The third kappa shape index (κ3) is 2.87. The summed E-state index contributed by atoms with van der Waals surface area (Å²) in [7, 11) is 0. The van der Waals surface area contributed by atoms with Gasteiger partial charge in [-0.25, -0.2) is 0 Å². The third-order valence-corrected chi connectivity index (χ3v) is 1.59. The highest BCUT2D eigenvalue weighted by atomic mass is 16.5. The predicted octanol–water partition coefficient (Wildman–Crippen LogP) is -1.20. The monoisotopic (exact) mass is 184 g/mol. The summed E-state index contributed by atoms with van der Waals surface area (Å²) in [4.78, 5) is 22.1. The van der Waals surface area contributed by atoms with E-state index in [1.165, 1.54) is 0 Å². The maximum Gasteiger partial charge on any atom is 0.246 e. The van der Waals surface area contributed by atoms with Crippen LogP contribution in [-0.2, 0) is 14.3 Å². The number of amides is 2. The molecule has 2 amide bonds. The van der Waals surface area contributed by atoms with E-state index in [-0.39, 0.29) is 25.0 Å². The van der Waals surface area contributed by atoms with E-state index >= 15 is 0 Å². The first-order valence-corrected chi connectivity index (χ1v) is 3.99. The van der Waals surface area contributed by atoms with Crippen LogP contribution in [0.5, 0.6) is 0 Å². The fourth-order valence-electron chi connectivity index (χ4n) is 0.984. The number of hydrogen-bond donors (Lipinski definition) is 2.